The summed E-state index contributed by atoms with van der Waals surface area (Å²) in [5.41, 5.74) is 1.39. The zero-order valence-corrected chi connectivity index (χ0v) is 13.4. The van der Waals surface area contributed by atoms with E-state index >= 15 is 0 Å². The van der Waals surface area contributed by atoms with E-state index in [4.69, 9.17) is 9.47 Å². The van der Waals surface area contributed by atoms with Crippen molar-refractivity contribution in [1.82, 2.24) is 0 Å². The lowest BCUT2D eigenvalue weighted by molar-refractivity contribution is -0.177. The molecule has 21 heavy (non-hydrogen) atoms. The van der Waals surface area contributed by atoms with Gasteiger partial charge in [0.15, 0.2) is 0 Å². The molecule has 2 fully saturated rings. The van der Waals surface area contributed by atoms with Crippen molar-refractivity contribution in [1.29, 1.82) is 0 Å². The summed E-state index contributed by atoms with van der Waals surface area (Å²) in [6, 6.07) is 8.86. The van der Waals surface area contributed by atoms with Crippen LogP contribution in [0, 0.1) is 11.3 Å². The van der Waals surface area contributed by atoms with E-state index < -0.39 is 0 Å². The number of rotatable bonds is 5. The Kier molecular flexibility index (Phi) is 4.12. The highest BCUT2D eigenvalue weighted by Gasteiger charge is 2.57. The molecule has 1 saturated carbocycles. The summed E-state index contributed by atoms with van der Waals surface area (Å²) in [5.74, 6) is 1.61. The van der Waals surface area contributed by atoms with Crippen molar-refractivity contribution in [2.45, 2.75) is 52.2 Å². The predicted octanol–water partition coefficient (Wildman–Crippen LogP) is 4.09. The van der Waals surface area contributed by atoms with Crippen LogP contribution in [-0.2, 0) is 4.74 Å². The second kappa shape index (κ2) is 5.88. The molecule has 1 N–H and O–H groups in total. The molecule has 1 saturated heterocycles. The highest BCUT2D eigenvalue weighted by molar-refractivity contribution is 5.48. The fraction of sp³-hybridized carbons (Fsp3) is 0.667. The smallest absolute Gasteiger partial charge is 0.119 e. The van der Waals surface area contributed by atoms with Gasteiger partial charge in [0.1, 0.15) is 5.75 Å². The standard InChI is InChI=1S/C18H27NO2/c1-4-11-20-14-9-7-13(8-10-14)19-16-15-6-5-12-21-17(15)18(16,2)3/h7-10,15-17,19H,4-6,11-12H2,1-3H3. The summed E-state index contributed by atoms with van der Waals surface area (Å²) < 4.78 is 11.6. The fourth-order valence-electron chi connectivity index (χ4n) is 3.86. The van der Waals surface area contributed by atoms with Crippen LogP contribution in [0.4, 0.5) is 5.69 Å². The molecule has 1 heterocycles. The van der Waals surface area contributed by atoms with Gasteiger partial charge in [0.25, 0.3) is 0 Å². The summed E-state index contributed by atoms with van der Waals surface area (Å²) in [7, 11) is 0. The van der Waals surface area contributed by atoms with E-state index in [2.05, 4.69) is 50.4 Å². The molecule has 0 amide bonds. The van der Waals surface area contributed by atoms with Gasteiger partial charge in [-0.2, -0.15) is 0 Å². The summed E-state index contributed by atoms with van der Waals surface area (Å²) in [6.45, 7) is 8.47. The predicted molar refractivity (Wildman–Crippen MR) is 85.9 cm³/mol. The molecule has 0 spiro atoms. The molecule has 0 aromatic heterocycles. The fourth-order valence-corrected chi connectivity index (χ4v) is 3.86. The first-order valence-corrected chi connectivity index (χ1v) is 8.24. The minimum Gasteiger partial charge on any atom is -0.494 e. The van der Waals surface area contributed by atoms with Gasteiger partial charge in [-0.1, -0.05) is 20.8 Å². The van der Waals surface area contributed by atoms with Gasteiger partial charge in [0.05, 0.1) is 12.7 Å². The van der Waals surface area contributed by atoms with Crippen LogP contribution in [0.15, 0.2) is 24.3 Å². The monoisotopic (exact) mass is 289 g/mol. The number of anilines is 1. The van der Waals surface area contributed by atoms with Crippen LogP contribution in [0.3, 0.4) is 0 Å². The Morgan fingerprint density at radius 3 is 2.76 bits per heavy atom. The molecule has 1 aliphatic carbocycles. The molecule has 0 bridgehead atoms. The molecule has 3 rings (SSSR count). The van der Waals surface area contributed by atoms with E-state index in [1.54, 1.807) is 0 Å². The molecule has 116 valence electrons. The molecule has 3 heteroatoms. The third-order valence-corrected chi connectivity index (χ3v) is 4.98. The molecule has 3 atom stereocenters. The molecular weight excluding hydrogens is 262 g/mol. The average molecular weight is 289 g/mol. The van der Waals surface area contributed by atoms with Crippen LogP contribution in [0.5, 0.6) is 5.75 Å². The van der Waals surface area contributed by atoms with Gasteiger partial charge < -0.3 is 14.8 Å². The Balaban J connectivity index is 1.63. The first kappa shape index (κ1) is 14.7. The molecule has 2 aliphatic rings. The molecule has 1 aliphatic heterocycles. The SMILES string of the molecule is CCCOc1ccc(NC2C3CCCOC3C2(C)C)cc1. The van der Waals surface area contributed by atoms with Crippen molar-refractivity contribution >= 4 is 5.69 Å². The Morgan fingerprint density at radius 1 is 1.29 bits per heavy atom. The van der Waals surface area contributed by atoms with Crippen molar-refractivity contribution in [3.63, 3.8) is 0 Å². The minimum atomic E-state index is 0.211. The summed E-state index contributed by atoms with van der Waals surface area (Å²) >= 11 is 0. The van der Waals surface area contributed by atoms with Crippen LogP contribution < -0.4 is 10.1 Å². The van der Waals surface area contributed by atoms with Crippen LogP contribution in [0.1, 0.15) is 40.0 Å². The number of nitrogens with one attached hydrogen (secondary N) is 1. The lowest BCUT2D eigenvalue weighted by Crippen LogP contribution is -2.67. The van der Waals surface area contributed by atoms with Gasteiger partial charge in [-0.05, 0) is 43.5 Å². The highest BCUT2D eigenvalue weighted by atomic mass is 16.5. The number of benzene rings is 1. The summed E-state index contributed by atoms with van der Waals surface area (Å²) in [4.78, 5) is 0. The van der Waals surface area contributed by atoms with Crippen LogP contribution >= 0.6 is 0 Å². The van der Waals surface area contributed by atoms with E-state index in [0.717, 1.165) is 25.4 Å². The van der Waals surface area contributed by atoms with Gasteiger partial charge in [0, 0.05) is 29.7 Å². The number of hydrogen-bond donors (Lipinski definition) is 1. The largest absolute Gasteiger partial charge is 0.494 e. The van der Waals surface area contributed by atoms with Gasteiger partial charge in [-0.25, -0.2) is 0 Å². The van der Waals surface area contributed by atoms with E-state index in [0.29, 0.717) is 18.1 Å². The average Bonchev–Trinajstić information content (AvgIpc) is 2.51. The zero-order valence-electron chi connectivity index (χ0n) is 13.4. The third-order valence-electron chi connectivity index (χ3n) is 4.98. The van der Waals surface area contributed by atoms with Crippen LogP contribution in [0.2, 0.25) is 0 Å². The Morgan fingerprint density at radius 2 is 2.05 bits per heavy atom. The van der Waals surface area contributed by atoms with Crippen molar-refractivity contribution in [3.05, 3.63) is 24.3 Å². The van der Waals surface area contributed by atoms with E-state index in [1.165, 1.54) is 18.5 Å². The molecule has 3 nitrogen and oxygen atoms in total. The van der Waals surface area contributed by atoms with Crippen molar-refractivity contribution in [3.8, 4) is 5.75 Å². The Bertz CT molecular complexity index is 469. The van der Waals surface area contributed by atoms with Gasteiger partial charge in [-0.15, -0.1) is 0 Å². The van der Waals surface area contributed by atoms with E-state index in [1.807, 2.05) is 0 Å². The van der Waals surface area contributed by atoms with Crippen molar-refractivity contribution in [2.75, 3.05) is 18.5 Å². The van der Waals surface area contributed by atoms with E-state index in [-0.39, 0.29) is 5.41 Å². The summed E-state index contributed by atoms with van der Waals surface area (Å²) in [6.07, 6.45) is 3.94. The van der Waals surface area contributed by atoms with Gasteiger partial charge >= 0.3 is 0 Å². The summed E-state index contributed by atoms with van der Waals surface area (Å²) in [5, 5.41) is 3.72. The maximum Gasteiger partial charge on any atom is 0.119 e. The lowest BCUT2D eigenvalue weighted by Gasteiger charge is -2.60. The van der Waals surface area contributed by atoms with Gasteiger partial charge in [0.2, 0.25) is 0 Å². The molecular formula is C18H27NO2. The Hall–Kier alpha value is -1.22. The normalized spacial score (nSPS) is 30.1. The second-order valence-electron chi connectivity index (χ2n) is 6.91. The number of fused-ring (bicyclic) bond motifs is 1. The second-order valence-corrected chi connectivity index (χ2v) is 6.91. The third kappa shape index (κ3) is 2.76. The first-order chi connectivity index (χ1) is 10.1. The maximum atomic E-state index is 5.96. The molecule has 0 radical (unpaired) electrons. The quantitative estimate of drug-likeness (QED) is 0.885. The highest BCUT2D eigenvalue weighted by Crippen LogP contribution is 2.52. The topological polar surface area (TPSA) is 30.5 Å². The van der Waals surface area contributed by atoms with E-state index in [9.17, 15) is 0 Å². The van der Waals surface area contributed by atoms with Crippen molar-refractivity contribution in [2.24, 2.45) is 11.3 Å². The molecule has 3 unspecified atom stereocenters. The first-order valence-electron chi connectivity index (χ1n) is 8.24. The Labute approximate surface area is 128 Å². The molecule has 1 aromatic rings. The number of hydrogen-bond acceptors (Lipinski definition) is 3. The van der Waals surface area contributed by atoms with Crippen LogP contribution in [-0.4, -0.2) is 25.4 Å². The number of ether oxygens (including phenoxy) is 2. The molecule has 1 aromatic carbocycles. The van der Waals surface area contributed by atoms with Crippen molar-refractivity contribution < 1.29 is 9.47 Å². The zero-order chi connectivity index (χ0) is 14.9. The van der Waals surface area contributed by atoms with Crippen LogP contribution in [0.25, 0.3) is 0 Å². The maximum absolute atomic E-state index is 5.96. The lowest BCUT2D eigenvalue weighted by atomic mass is 9.55. The van der Waals surface area contributed by atoms with Gasteiger partial charge in [-0.3, -0.25) is 0 Å². The minimum absolute atomic E-state index is 0.211.